The lowest BCUT2D eigenvalue weighted by Gasteiger charge is -2.02. The molecular formula is C10H9ClO2S. The number of carboxylic acid groups (broad SMARTS) is 1. The highest BCUT2D eigenvalue weighted by Gasteiger charge is 2.07. The molecule has 0 saturated heterocycles. The van der Waals surface area contributed by atoms with Gasteiger partial charge in [-0.15, -0.1) is 11.8 Å². The van der Waals surface area contributed by atoms with Crippen molar-refractivity contribution in [2.45, 2.75) is 4.90 Å². The van der Waals surface area contributed by atoms with Crippen LogP contribution in [0, 0.1) is 0 Å². The third kappa shape index (κ3) is 3.09. The second-order valence-electron chi connectivity index (χ2n) is 2.47. The molecule has 0 amide bonds. The standard InChI is InChI=1S/C10H9ClO2S/c11-6-3-7-14-9-5-2-1-4-8(9)10(12)13/h1-6H,7H2,(H,12,13)/b6-3+. The van der Waals surface area contributed by atoms with Crippen LogP contribution in [0.25, 0.3) is 0 Å². The minimum atomic E-state index is -0.900. The average molecular weight is 229 g/mol. The highest BCUT2D eigenvalue weighted by atomic mass is 35.5. The van der Waals surface area contributed by atoms with E-state index >= 15 is 0 Å². The number of rotatable bonds is 4. The van der Waals surface area contributed by atoms with Crippen molar-refractivity contribution in [1.82, 2.24) is 0 Å². The Bertz CT molecular complexity index is 350. The molecule has 0 spiro atoms. The molecule has 1 aromatic carbocycles. The maximum absolute atomic E-state index is 10.8. The Hall–Kier alpha value is -0.930. The SMILES string of the molecule is O=C(O)c1ccccc1SC/C=C/Cl. The summed E-state index contributed by atoms with van der Waals surface area (Å²) >= 11 is 6.81. The number of carboxylic acids is 1. The van der Waals surface area contributed by atoms with Gasteiger partial charge in [0.1, 0.15) is 0 Å². The predicted molar refractivity (Wildman–Crippen MR) is 59.1 cm³/mol. The van der Waals surface area contributed by atoms with Gasteiger partial charge in [0.2, 0.25) is 0 Å². The average Bonchev–Trinajstić information content (AvgIpc) is 2.19. The highest BCUT2D eigenvalue weighted by Crippen LogP contribution is 2.22. The van der Waals surface area contributed by atoms with Crippen molar-refractivity contribution in [3.8, 4) is 0 Å². The molecule has 4 heteroatoms. The van der Waals surface area contributed by atoms with Crippen LogP contribution in [0.4, 0.5) is 0 Å². The van der Waals surface area contributed by atoms with E-state index in [0.717, 1.165) is 4.90 Å². The van der Waals surface area contributed by atoms with Gasteiger partial charge in [-0.25, -0.2) is 4.79 Å². The number of carbonyl (C=O) groups is 1. The van der Waals surface area contributed by atoms with Gasteiger partial charge in [-0.05, 0) is 12.1 Å². The van der Waals surface area contributed by atoms with Gasteiger partial charge in [0.05, 0.1) is 5.56 Å². The molecule has 1 aromatic rings. The molecule has 0 bridgehead atoms. The fraction of sp³-hybridized carbons (Fsp3) is 0.100. The number of thioether (sulfide) groups is 1. The van der Waals surface area contributed by atoms with E-state index in [1.807, 2.05) is 6.07 Å². The first kappa shape index (κ1) is 11.1. The molecule has 0 saturated carbocycles. The molecule has 0 radical (unpaired) electrons. The largest absolute Gasteiger partial charge is 0.478 e. The Balaban J connectivity index is 2.79. The Morgan fingerprint density at radius 2 is 2.21 bits per heavy atom. The van der Waals surface area contributed by atoms with Crippen molar-refractivity contribution >= 4 is 29.3 Å². The number of benzene rings is 1. The van der Waals surface area contributed by atoms with Crippen molar-refractivity contribution < 1.29 is 9.90 Å². The molecule has 2 nitrogen and oxygen atoms in total. The molecule has 0 unspecified atom stereocenters. The highest BCUT2D eigenvalue weighted by molar-refractivity contribution is 7.99. The van der Waals surface area contributed by atoms with Crippen molar-refractivity contribution in [3.63, 3.8) is 0 Å². The number of halogens is 1. The van der Waals surface area contributed by atoms with Gasteiger partial charge in [0.25, 0.3) is 0 Å². The molecule has 0 fully saturated rings. The van der Waals surface area contributed by atoms with Crippen LogP contribution in [0.5, 0.6) is 0 Å². The first-order valence-electron chi connectivity index (χ1n) is 3.96. The van der Waals surface area contributed by atoms with Gasteiger partial charge < -0.3 is 5.11 Å². The molecule has 14 heavy (non-hydrogen) atoms. The molecule has 0 aliphatic carbocycles. The van der Waals surface area contributed by atoms with Gasteiger partial charge in [-0.1, -0.05) is 29.8 Å². The fourth-order valence-corrected chi connectivity index (χ4v) is 2.00. The third-order valence-electron chi connectivity index (χ3n) is 1.54. The number of hydrogen-bond acceptors (Lipinski definition) is 2. The second kappa shape index (κ2) is 5.73. The summed E-state index contributed by atoms with van der Waals surface area (Å²) in [5.41, 5.74) is 1.76. The zero-order valence-corrected chi connectivity index (χ0v) is 8.89. The van der Waals surface area contributed by atoms with Gasteiger partial charge in [0, 0.05) is 16.2 Å². The summed E-state index contributed by atoms with van der Waals surface area (Å²) in [4.78, 5) is 11.6. The van der Waals surface area contributed by atoms with Gasteiger partial charge in [-0.2, -0.15) is 0 Å². The van der Waals surface area contributed by atoms with E-state index in [1.165, 1.54) is 17.3 Å². The number of hydrogen-bond donors (Lipinski definition) is 1. The Labute approximate surface area is 91.6 Å². The third-order valence-corrected chi connectivity index (χ3v) is 2.75. The fourth-order valence-electron chi connectivity index (χ4n) is 0.943. The van der Waals surface area contributed by atoms with E-state index < -0.39 is 5.97 Å². The van der Waals surface area contributed by atoms with Crippen molar-refractivity contribution in [2.24, 2.45) is 0 Å². The Morgan fingerprint density at radius 3 is 2.86 bits per heavy atom. The summed E-state index contributed by atoms with van der Waals surface area (Å²) in [6.07, 6.45) is 1.77. The van der Waals surface area contributed by atoms with E-state index in [0.29, 0.717) is 11.3 Å². The molecule has 0 aromatic heterocycles. The summed E-state index contributed by atoms with van der Waals surface area (Å²) in [6.45, 7) is 0. The molecule has 0 aliphatic heterocycles. The molecule has 1 N–H and O–H groups in total. The van der Waals surface area contributed by atoms with Crippen molar-refractivity contribution in [3.05, 3.63) is 41.4 Å². The first-order valence-corrected chi connectivity index (χ1v) is 5.38. The maximum atomic E-state index is 10.8. The summed E-state index contributed by atoms with van der Waals surface area (Å²) in [6, 6.07) is 6.91. The Kier molecular flexibility index (Phi) is 4.56. The lowest BCUT2D eigenvalue weighted by atomic mass is 10.2. The van der Waals surface area contributed by atoms with Gasteiger partial charge >= 0.3 is 5.97 Å². The maximum Gasteiger partial charge on any atom is 0.336 e. The zero-order valence-electron chi connectivity index (χ0n) is 7.31. The molecule has 0 heterocycles. The van der Waals surface area contributed by atoms with E-state index in [2.05, 4.69) is 0 Å². The number of aromatic carboxylic acids is 1. The van der Waals surface area contributed by atoms with Crippen LogP contribution in [-0.4, -0.2) is 16.8 Å². The van der Waals surface area contributed by atoms with Crippen LogP contribution in [-0.2, 0) is 0 Å². The molecule has 74 valence electrons. The minimum Gasteiger partial charge on any atom is -0.478 e. The van der Waals surface area contributed by atoms with Crippen LogP contribution in [0.1, 0.15) is 10.4 Å². The molecule has 1 rings (SSSR count). The normalized spacial score (nSPS) is 10.6. The zero-order chi connectivity index (χ0) is 10.4. The van der Waals surface area contributed by atoms with Gasteiger partial charge in [-0.3, -0.25) is 0 Å². The smallest absolute Gasteiger partial charge is 0.336 e. The first-order chi connectivity index (χ1) is 6.75. The Morgan fingerprint density at radius 1 is 1.50 bits per heavy atom. The predicted octanol–water partition coefficient (Wildman–Crippen LogP) is 3.23. The van der Waals surface area contributed by atoms with Crippen molar-refractivity contribution in [1.29, 1.82) is 0 Å². The second-order valence-corrected chi connectivity index (χ2v) is 3.79. The van der Waals surface area contributed by atoms with Crippen LogP contribution < -0.4 is 0 Å². The van der Waals surface area contributed by atoms with Crippen LogP contribution in [0.2, 0.25) is 0 Å². The van der Waals surface area contributed by atoms with Crippen LogP contribution in [0.15, 0.2) is 40.8 Å². The monoisotopic (exact) mass is 228 g/mol. The van der Waals surface area contributed by atoms with Crippen LogP contribution in [0.3, 0.4) is 0 Å². The van der Waals surface area contributed by atoms with E-state index in [1.54, 1.807) is 24.3 Å². The molecule has 0 atom stereocenters. The lowest BCUT2D eigenvalue weighted by molar-refractivity contribution is 0.0693. The quantitative estimate of drug-likeness (QED) is 0.804. The molecular weight excluding hydrogens is 220 g/mol. The lowest BCUT2D eigenvalue weighted by Crippen LogP contribution is -1.98. The summed E-state index contributed by atoms with van der Waals surface area (Å²) < 4.78 is 0. The van der Waals surface area contributed by atoms with Crippen LogP contribution >= 0.6 is 23.4 Å². The summed E-state index contributed by atoms with van der Waals surface area (Å²) in [5.74, 6) is -0.226. The van der Waals surface area contributed by atoms with Gasteiger partial charge in [0.15, 0.2) is 0 Å². The van der Waals surface area contributed by atoms with Crippen molar-refractivity contribution in [2.75, 3.05) is 5.75 Å². The molecule has 0 aliphatic rings. The van der Waals surface area contributed by atoms with E-state index in [-0.39, 0.29) is 0 Å². The minimum absolute atomic E-state index is 0.334. The topological polar surface area (TPSA) is 37.3 Å². The summed E-state index contributed by atoms with van der Waals surface area (Å²) in [7, 11) is 0. The van der Waals surface area contributed by atoms with E-state index in [9.17, 15) is 4.79 Å². The van der Waals surface area contributed by atoms with E-state index in [4.69, 9.17) is 16.7 Å². The summed E-state index contributed by atoms with van der Waals surface area (Å²) in [5, 5.41) is 8.86.